The van der Waals surface area contributed by atoms with Crippen molar-refractivity contribution in [3.8, 4) is 11.3 Å². The van der Waals surface area contributed by atoms with Crippen LogP contribution in [0, 0.1) is 0 Å². The van der Waals surface area contributed by atoms with Gasteiger partial charge in [0.15, 0.2) is 0 Å². The summed E-state index contributed by atoms with van der Waals surface area (Å²) in [4.78, 5) is 4.30. The summed E-state index contributed by atoms with van der Waals surface area (Å²) in [6, 6.07) is 8.47. The molecule has 0 amide bonds. The van der Waals surface area contributed by atoms with Crippen LogP contribution in [0.2, 0.25) is 0 Å². The van der Waals surface area contributed by atoms with E-state index in [9.17, 15) is 0 Å². The van der Waals surface area contributed by atoms with E-state index >= 15 is 0 Å². The highest BCUT2D eigenvalue weighted by Crippen LogP contribution is 2.23. The number of nitrogens with zero attached hydrogens (tertiary/aromatic N) is 1. The number of benzene rings is 1. The van der Waals surface area contributed by atoms with E-state index < -0.39 is 0 Å². The molecular weight excluding hydrogens is 212 g/mol. The number of hydrogen-bond donors (Lipinski definition) is 1. The molecule has 1 aromatic heterocycles. The lowest BCUT2D eigenvalue weighted by Gasteiger charge is -2.08. The zero-order chi connectivity index (χ0) is 12.3. The van der Waals surface area contributed by atoms with E-state index in [4.69, 9.17) is 10.2 Å². The molecule has 0 radical (unpaired) electrons. The normalized spacial score (nSPS) is 12.6. The van der Waals surface area contributed by atoms with Gasteiger partial charge >= 0.3 is 0 Å². The summed E-state index contributed by atoms with van der Waals surface area (Å²) >= 11 is 0. The highest BCUT2D eigenvalue weighted by Gasteiger charge is 2.06. The lowest BCUT2D eigenvalue weighted by Crippen LogP contribution is -1.95. The van der Waals surface area contributed by atoms with Crippen molar-refractivity contribution >= 4 is 0 Å². The van der Waals surface area contributed by atoms with Gasteiger partial charge < -0.3 is 10.2 Å². The second kappa shape index (κ2) is 5.15. The number of hydrogen-bond acceptors (Lipinski definition) is 3. The first-order valence-electron chi connectivity index (χ1n) is 5.99. The van der Waals surface area contributed by atoms with Crippen molar-refractivity contribution < 1.29 is 4.42 Å². The van der Waals surface area contributed by atoms with Gasteiger partial charge in [-0.2, -0.15) is 0 Å². The first-order valence-corrected chi connectivity index (χ1v) is 5.99. The molecule has 1 heterocycles. The Hall–Kier alpha value is -1.61. The van der Waals surface area contributed by atoms with Crippen LogP contribution in [0.4, 0.5) is 0 Å². The summed E-state index contributed by atoms with van der Waals surface area (Å²) < 4.78 is 5.23. The molecule has 3 nitrogen and oxygen atoms in total. The lowest BCUT2D eigenvalue weighted by molar-refractivity contribution is 0.498. The van der Waals surface area contributed by atoms with Crippen LogP contribution in [-0.4, -0.2) is 4.98 Å². The van der Waals surface area contributed by atoms with E-state index in [1.807, 2.05) is 0 Å². The Morgan fingerprint density at radius 2 is 2.00 bits per heavy atom. The Morgan fingerprint density at radius 3 is 2.53 bits per heavy atom. The molecule has 0 saturated heterocycles. The Balaban J connectivity index is 2.22. The van der Waals surface area contributed by atoms with Crippen LogP contribution in [0.1, 0.15) is 37.6 Å². The van der Waals surface area contributed by atoms with E-state index in [1.165, 1.54) is 5.56 Å². The summed E-state index contributed by atoms with van der Waals surface area (Å²) in [6.45, 7) is 4.77. The summed E-state index contributed by atoms with van der Waals surface area (Å²) in [5.41, 5.74) is 8.75. The van der Waals surface area contributed by atoms with Crippen LogP contribution in [0.15, 0.2) is 34.9 Å². The third-order valence-electron chi connectivity index (χ3n) is 3.11. The van der Waals surface area contributed by atoms with Gasteiger partial charge in [-0.05, 0) is 17.9 Å². The highest BCUT2D eigenvalue weighted by molar-refractivity contribution is 5.58. The van der Waals surface area contributed by atoms with Gasteiger partial charge in [-0.25, -0.2) is 4.98 Å². The van der Waals surface area contributed by atoms with Crippen LogP contribution in [0.25, 0.3) is 11.3 Å². The number of rotatable bonds is 4. The molecule has 2 N–H and O–H groups in total. The monoisotopic (exact) mass is 230 g/mol. The molecule has 0 aliphatic carbocycles. The Morgan fingerprint density at radius 1 is 1.29 bits per heavy atom. The molecule has 0 spiro atoms. The lowest BCUT2D eigenvalue weighted by atomic mass is 9.97. The van der Waals surface area contributed by atoms with Gasteiger partial charge in [0.05, 0.1) is 6.54 Å². The molecule has 90 valence electrons. The molecule has 3 heteroatoms. The molecule has 1 unspecified atom stereocenters. The van der Waals surface area contributed by atoms with E-state index in [0.717, 1.165) is 17.7 Å². The molecule has 0 fully saturated rings. The fraction of sp³-hybridized carbons (Fsp3) is 0.357. The molecular formula is C14H18N2O. The average Bonchev–Trinajstić information content (AvgIpc) is 2.87. The summed E-state index contributed by atoms with van der Waals surface area (Å²) in [6.07, 6.45) is 2.81. The fourth-order valence-electron chi connectivity index (χ4n) is 1.76. The standard InChI is InChI=1S/C14H18N2O/c1-3-10(2)11-4-6-12(7-5-11)13-9-17-14(8-15)16-13/h4-7,9-10H,3,8,15H2,1-2H3. The van der Waals surface area contributed by atoms with E-state index in [0.29, 0.717) is 18.4 Å². The van der Waals surface area contributed by atoms with Gasteiger partial charge in [0.2, 0.25) is 5.89 Å². The number of oxazole rings is 1. The first kappa shape index (κ1) is 11.9. The van der Waals surface area contributed by atoms with Crippen LogP contribution < -0.4 is 5.73 Å². The van der Waals surface area contributed by atoms with Crippen molar-refractivity contribution in [2.24, 2.45) is 5.73 Å². The molecule has 1 aromatic carbocycles. The van der Waals surface area contributed by atoms with Crippen molar-refractivity contribution in [1.82, 2.24) is 4.98 Å². The molecule has 0 aliphatic rings. The van der Waals surface area contributed by atoms with Crippen LogP contribution in [0.5, 0.6) is 0 Å². The second-order valence-corrected chi connectivity index (χ2v) is 4.26. The minimum absolute atomic E-state index is 0.338. The van der Waals surface area contributed by atoms with Gasteiger partial charge in [-0.15, -0.1) is 0 Å². The molecule has 0 aliphatic heterocycles. The fourth-order valence-corrected chi connectivity index (χ4v) is 1.76. The minimum Gasteiger partial charge on any atom is -0.447 e. The average molecular weight is 230 g/mol. The molecule has 1 atom stereocenters. The molecule has 0 bridgehead atoms. The number of nitrogens with two attached hydrogens (primary N) is 1. The van der Waals surface area contributed by atoms with E-state index in [2.05, 4.69) is 43.1 Å². The van der Waals surface area contributed by atoms with Crippen molar-refractivity contribution in [1.29, 1.82) is 0 Å². The Labute approximate surface area is 102 Å². The smallest absolute Gasteiger partial charge is 0.208 e. The van der Waals surface area contributed by atoms with Crippen molar-refractivity contribution in [3.05, 3.63) is 42.0 Å². The predicted octanol–water partition coefficient (Wildman–Crippen LogP) is 3.31. The Bertz CT molecular complexity index is 473. The molecule has 2 rings (SSSR count). The quantitative estimate of drug-likeness (QED) is 0.876. The van der Waals surface area contributed by atoms with Gasteiger partial charge in [-0.1, -0.05) is 38.1 Å². The maximum Gasteiger partial charge on any atom is 0.208 e. The molecule has 17 heavy (non-hydrogen) atoms. The van der Waals surface area contributed by atoms with Crippen LogP contribution >= 0.6 is 0 Å². The SMILES string of the molecule is CCC(C)c1ccc(-c2coc(CN)n2)cc1. The van der Waals surface area contributed by atoms with Gasteiger partial charge in [0, 0.05) is 5.56 Å². The maximum absolute atomic E-state index is 5.47. The van der Waals surface area contributed by atoms with Crippen molar-refractivity contribution in [2.75, 3.05) is 0 Å². The van der Waals surface area contributed by atoms with Crippen LogP contribution in [0.3, 0.4) is 0 Å². The summed E-state index contributed by atoms with van der Waals surface area (Å²) in [5, 5.41) is 0. The van der Waals surface area contributed by atoms with Crippen molar-refractivity contribution in [2.45, 2.75) is 32.7 Å². The second-order valence-electron chi connectivity index (χ2n) is 4.26. The predicted molar refractivity (Wildman–Crippen MR) is 68.5 cm³/mol. The van der Waals surface area contributed by atoms with Crippen LogP contribution in [-0.2, 0) is 6.54 Å². The van der Waals surface area contributed by atoms with Gasteiger partial charge in [-0.3, -0.25) is 0 Å². The van der Waals surface area contributed by atoms with Gasteiger partial charge in [0.1, 0.15) is 12.0 Å². The largest absolute Gasteiger partial charge is 0.447 e. The van der Waals surface area contributed by atoms with E-state index in [-0.39, 0.29) is 0 Å². The highest BCUT2D eigenvalue weighted by atomic mass is 16.3. The first-order chi connectivity index (χ1) is 8.24. The van der Waals surface area contributed by atoms with E-state index in [1.54, 1.807) is 6.26 Å². The van der Waals surface area contributed by atoms with Crippen molar-refractivity contribution in [3.63, 3.8) is 0 Å². The summed E-state index contributed by atoms with van der Waals surface area (Å²) in [7, 11) is 0. The topological polar surface area (TPSA) is 52.0 Å². The zero-order valence-corrected chi connectivity index (χ0v) is 10.3. The number of aromatic nitrogens is 1. The van der Waals surface area contributed by atoms with Gasteiger partial charge in [0.25, 0.3) is 0 Å². The third-order valence-corrected chi connectivity index (χ3v) is 3.11. The molecule has 0 saturated carbocycles. The minimum atomic E-state index is 0.338. The maximum atomic E-state index is 5.47. The molecule has 2 aromatic rings. The third kappa shape index (κ3) is 2.56. The Kier molecular flexibility index (Phi) is 3.59. The zero-order valence-electron chi connectivity index (χ0n) is 10.3. The summed E-state index contributed by atoms with van der Waals surface area (Å²) in [5.74, 6) is 1.17.